The number of aryl methyl sites for hydroxylation is 1. The maximum absolute atomic E-state index is 5.86. The number of nitrogens with zero attached hydrogens (tertiary/aromatic N) is 2. The van der Waals surface area contributed by atoms with E-state index in [1.54, 1.807) is 7.11 Å². The molecule has 0 aliphatic carbocycles. The molecule has 0 saturated carbocycles. The molecule has 26 heavy (non-hydrogen) atoms. The van der Waals surface area contributed by atoms with E-state index in [2.05, 4.69) is 49.0 Å². The zero-order valence-electron chi connectivity index (χ0n) is 15.6. The van der Waals surface area contributed by atoms with Gasteiger partial charge >= 0.3 is 0 Å². The molecule has 1 aliphatic heterocycles. The van der Waals surface area contributed by atoms with Crippen LogP contribution < -0.4 is 10.5 Å². The molecule has 0 unspecified atom stereocenters. The highest BCUT2D eigenvalue weighted by Gasteiger charge is 2.17. The van der Waals surface area contributed by atoms with Crippen molar-refractivity contribution in [3.63, 3.8) is 0 Å². The minimum absolute atomic E-state index is 0.601. The molecule has 1 aromatic heterocycles. The normalized spacial score (nSPS) is 16.0. The van der Waals surface area contributed by atoms with Crippen molar-refractivity contribution in [3.05, 3.63) is 77.3 Å². The molecule has 0 bridgehead atoms. The van der Waals surface area contributed by atoms with Gasteiger partial charge < -0.3 is 15.0 Å². The molecule has 0 fully saturated rings. The van der Waals surface area contributed by atoms with E-state index >= 15 is 0 Å². The summed E-state index contributed by atoms with van der Waals surface area (Å²) >= 11 is 0. The van der Waals surface area contributed by atoms with E-state index in [0.717, 1.165) is 29.1 Å². The number of aliphatic imine (C=N–C) groups is 1. The second-order valence-corrected chi connectivity index (χ2v) is 6.34. The van der Waals surface area contributed by atoms with Crippen LogP contribution in [0.25, 0.3) is 11.6 Å². The van der Waals surface area contributed by atoms with Crippen LogP contribution in [0, 0.1) is 0 Å². The van der Waals surface area contributed by atoms with Crippen molar-refractivity contribution >= 4 is 17.4 Å². The number of nitrogens with two attached hydrogens (primary N) is 1. The molecule has 4 nitrogen and oxygen atoms in total. The second-order valence-electron chi connectivity index (χ2n) is 6.34. The Morgan fingerprint density at radius 1 is 1.19 bits per heavy atom. The molecule has 0 saturated heterocycles. The first kappa shape index (κ1) is 18.0. The van der Waals surface area contributed by atoms with Crippen molar-refractivity contribution in [2.24, 2.45) is 17.8 Å². The molecule has 0 spiro atoms. The third kappa shape index (κ3) is 3.86. The number of methoxy groups -OCH3 is 1. The van der Waals surface area contributed by atoms with Crippen LogP contribution in [-0.2, 0) is 7.05 Å². The van der Waals surface area contributed by atoms with Crippen molar-refractivity contribution in [2.75, 3.05) is 13.7 Å². The first-order valence-electron chi connectivity index (χ1n) is 8.77. The fourth-order valence-electron chi connectivity index (χ4n) is 3.11. The highest BCUT2D eigenvalue weighted by Crippen LogP contribution is 2.31. The quantitative estimate of drug-likeness (QED) is 0.851. The largest absolute Gasteiger partial charge is 0.497 e. The molecule has 2 heterocycles. The third-order valence-corrected chi connectivity index (χ3v) is 4.47. The number of aromatic nitrogens is 1. The van der Waals surface area contributed by atoms with Crippen LogP contribution in [-0.4, -0.2) is 23.9 Å². The Bertz CT molecular complexity index is 896. The first-order valence-corrected chi connectivity index (χ1v) is 8.77. The number of benzene rings is 1. The van der Waals surface area contributed by atoms with E-state index in [9.17, 15) is 0 Å². The average molecular weight is 347 g/mol. The van der Waals surface area contributed by atoms with E-state index in [-0.39, 0.29) is 0 Å². The Morgan fingerprint density at radius 2 is 1.96 bits per heavy atom. The van der Waals surface area contributed by atoms with Crippen LogP contribution in [0.3, 0.4) is 0 Å². The van der Waals surface area contributed by atoms with Gasteiger partial charge in [0.1, 0.15) is 5.75 Å². The Kier molecular flexibility index (Phi) is 5.54. The summed E-state index contributed by atoms with van der Waals surface area (Å²) in [6.45, 7) is 2.70. The molecule has 1 aromatic carbocycles. The average Bonchev–Trinajstić information content (AvgIpc) is 3.24. The number of rotatable bonds is 6. The molecule has 0 atom stereocenters. The van der Waals surface area contributed by atoms with Crippen molar-refractivity contribution < 1.29 is 4.74 Å². The summed E-state index contributed by atoms with van der Waals surface area (Å²) in [6, 6.07) is 12.1. The van der Waals surface area contributed by atoms with Crippen LogP contribution >= 0.6 is 0 Å². The summed E-state index contributed by atoms with van der Waals surface area (Å²) in [5.74, 6) is 0.857. The monoisotopic (exact) mass is 347 g/mol. The molecular formula is C22H25N3O. The number of hydrogen-bond acceptors (Lipinski definition) is 3. The molecule has 0 radical (unpaired) electrons. The van der Waals surface area contributed by atoms with E-state index in [0.29, 0.717) is 6.54 Å². The molecule has 4 heteroatoms. The van der Waals surface area contributed by atoms with Crippen molar-refractivity contribution in [1.29, 1.82) is 0 Å². The summed E-state index contributed by atoms with van der Waals surface area (Å²) in [6.07, 6.45) is 9.08. The summed E-state index contributed by atoms with van der Waals surface area (Å²) in [5.41, 5.74) is 12.5. The standard InChI is InChI=1S/C22H25N3O/c1-16-15-18(9-6-17-7-10-19(26-3)11-8-17)24-22(16)20(12-13-23)21-5-4-14-25(21)2/h4-11,14-15H,12-13,23H2,1-3H3/b9-6+,22-20-. The highest BCUT2D eigenvalue weighted by atomic mass is 16.5. The van der Waals surface area contributed by atoms with Gasteiger partial charge in [-0.2, -0.15) is 0 Å². The third-order valence-electron chi connectivity index (χ3n) is 4.47. The minimum atomic E-state index is 0.601. The predicted octanol–water partition coefficient (Wildman–Crippen LogP) is 4.21. The lowest BCUT2D eigenvalue weighted by Gasteiger charge is -2.11. The molecule has 1 aliphatic rings. The second kappa shape index (κ2) is 8.02. The Morgan fingerprint density at radius 3 is 2.58 bits per heavy atom. The number of hydrogen-bond donors (Lipinski definition) is 1. The Labute approximate surface area is 155 Å². The van der Waals surface area contributed by atoms with Crippen LogP contribution in [0.15, 0.2) is 71.0 Å². The van der Waals surface area contributed by atoms with Gasteiger partial charge in [0.05, 0.1) is 18.5 Å². The van der Waals surface area contributed by atoms with Gasteiger partial charge in [0.25, 0.3) is 0 Å². The lowest BCUT2D eigenvalue weighted by atomic mass is 10.0. The van der Waals surface area contributed by atoms with Gasteiger partial charge in [-0.3, -0.25) is 0 Å². The zero-order valence-corrected chi connectivity index (χ0v) is 15.6. The number of allylic oxidation sites excluding steroid dienone is 3. The van der Waals surface area contributed by atoms with Gasteiger partial charge in [-0.15, -0.1) is 0 Å². The van der Waals surface area contributed by atoms with E-state index in [4.69, 9.17) is 15.5 Å². The zero-order chi connectivity index (χ0) is 18.5. The summed E-state index contributed by atoms with van der Waals surface area (Å²) < 4.78 is 7.31. The van der Waals surface area contributed by atoms with Crippen molar-refractivity contribution in [1.82, 2.24) is 4.57 Å². The van der Waals surface area contributed by atoms with Crippen LogP contribution in [0.2, 0.25) is 0 Å². The molecule has 2 N–H and O–H groups in total. The Hall–Kier alpha value is -2.85. The maximum atomic E-state index is 5.86. The van der Waals surface area contributed by atoms with E-state index in [1.807, 2.05) is 30.3 Å². The summed E-state index contributed by atoms with van der Waals surface area (Å²) in [4.78, 5) is 4.86. The van der Waals surface area contributed by atoms with Crippen LogP contribution in [0.1, 0.15) is 24.6 Å². The maximum Gasteiger partial charge on any atom is 0.118 e. The number of ether oxygens (including phenoxy) is 1. The smallest absolute Gasteiger partial charge is 0.118 e. The molecule has 2 aromatic rings. The van der Waals surface area contributed by atoms with Crippen molar-refractivity contribution in [2.45, 2.75) is 13.3 Å². The van der Waals surface area contributed by atoms with Gasteiger partial charge in [-0.1, -0.05) is 18.2 Å². The molecular weight excluding hydrogens is 322 g/mol. The first-order chi connectivity index (χ1) is 12.6. The lowest BCUT2D eigenvalue weighted by molar-refractivity contribution is 0.415. The molecule has 0 amide bonds. The van der Waals surface area contributed by atoms with Gasteiger partial charge in [-0.25, -0.2) is 4.99 Å². The lowest BCUT2D eigenvalue weighted by Crippen LogP contribution is -2.05. The van der Waals surface area contributed by atoms with E-state index in [1.165, 1.54) is 16.8 Å². The van der Waals surface area contributed by atoms with E-state index < -0.39 is 0 Å². The predicted molar refractivity (Wildman–Crippen MR) is 109 cm³/mol. The minimum Gasteiger partial charge on any atom is -0.497 e. The van der Waals surface area contributed by atoms with Crippen LogP contribution in [0.5, 0.6) is 5.75 Å². The topological polar surface area (TPSA) is 52.5 Å². The SMILES string of the molecule is COc1ccc(/C=C/C2=NC(=C(/CCN)c3cccn3C)/C(C)=C2)cc1. The Balaban J connectivity index is 1.90. The van der Waals surface area contributed by atoms with Gasteiger partial charge in [-0.05, 0) is 67.4 Å². The van der Waals surface area contributed by atoms with Gasteiger partial charge in [0.15, 0.2) is 0 Å². The summed E-state index contributed by atoms with van der Waals surface area (Å²) in [7, 11) is 3.72. The molecule has 134 valence electrons. The fraction of sp³-hybridized carbons (Fsp3) is 0.227. The van der Waals surface area contributed by atoms with Crippen LogP contribution in [0.4, 0.5) is 0 Å². The van der Waals surface area contributed by atoms with Gasteiger partial charge in [0.2, 0.25) is 0 Å². The van der Waals surface area contributed by atoms with Gasteiger partial charge in [0, 0.05) is 24.5 Å². The highest BCUT2D eigenvalue weighted by molar-refractivity contribution is 6.10. The summed E-state index contributed by atoms with van der Waals surface area (Å²) in [5, 5.41) is 0. The van der Waals surface area contributed by atoms with Crippen molar-refractivity contribution in [3.8, 4) is 5.75 Å². The fourth-order valence-corrected chi connectivity index (χ4v) is 3.11. The molecule has 3 rings (SSSR count).